The van der Waals surface area contributed by atoms with Gasteiger partial charge in [0.05, 0.1) is 17.7 Å². The molecule has 0 atom stereocenters. The molecular formula is C20H19FN4O3S. The SMILES string of the molecule is CCOc1ccc2nc(NCCNS(=O)(=O)c3ccccc3F)c(C#N)cc2c1. The molecule has 0 amide bonds. The number of pyridine rings is 1. The molecule has 7 nitrogen and oxygen atoms in total. The predicted octanol–water partition coefficient (Wildman–Crippen LogP) is 3.03. The fourth-order valence-electron chi connectivity index (χ4n) is 2.74. The van der Waals surface area contributed by atoms with Crippen molar-refractivity contribution in [1.82, 2.24) is 9.71 Å². The molecule has 0 radical (unpaired) electrons. The van der Waals surface area contributed by atoms with E-state index in [-0.39, 0.29) is 13.1 Å². The van der Waals surface area contributed by atoms with Crippen LogP contribution < -0.4 is 14.8 Å². The summed E-state index contributed by atoms with van der Waals surface area (Å²) in [7, 11) is -3.97. The van der Waals surface area contributed by atoms with E-state index in [1.807, 2.05) is 6.92 Å². The average molecular weight is 414 g/mol. The normalized spacial score (nSPS) is 11.2. The van der Waals surface area contributed by atoms with Gasteiger partial charge < -0.3 is 10.1 Å². The van der Waals surface area contributed by atoms with Gasteiger partial charge in [0.1, 0.15) is 28.3 Å². The van der Waals surface area contributed by atoms with E-state index in [1.54, 1.807) is 24.3 Å². The van der Waals surface area contributed by atoms with Gasteiger partial charge in [-0.2, -0.15) is 5.26 Å². The largest absolute Gasteiger partial charge is 0.494 e. The number of hydrogen-bond acceptors (Lipinski definition) is 6. The minimum Gasteiger partial charge on any atom is -0.494 e. The molecule has 0 saturated carbocycles. The number of nitrogens with zero attached hydrogens (tertiary/aromatic N) is 2. The van der Waals surface area contributed by atoms with Crippen LogP contribution in [0.4, 0.5) is 10.2 Å². The number of nitriles is 1. The molecule has 0 unspecified atom stereocenters. The van der Waals surface area contributed by atoms with Crippen molar-refractivity contribution >= 4 is 26.7 Å². The van der Waals surface area contributed by atoms with Crippen molar-refractivity contribution in [2.24, 2.45) is 0 Å². The van der Waals surface area contributed by atoms with Gasteiger partial charge in [-0.25, -0.2) is 22.5 Å². The van der Waals surface area contributed by atoms with E-state index in [0.717, 1.165) is 11.5 Å². The minimum absolute atomic E-state index is 0.00939. The Morgan fingerprint density at radius 3 is 2.69 bits per heavy atom. The van der Waals surface area contributed by atoms with Gasteiger partial charge in [-0.05, 0) is 43.3 Å². The van der Waals surface area contributed by atoms with Gasteiger partial charge in [0, 0.05) is 18.5 Å². The molecule has 3 rings (SSSR count). The molecule has 9 heteroatoms. The van der Waals surface area contributed by atoms with E-state index in [1.165, 1.54) is 18.2 Å². The lowest BCUT2D eigenvalue weighted by Crippen LogP contribution is -2.29. The van der Waals surface area contributed by atoms with E-state index in [9.17, 15) is 18.1 Å². The van der Waals surface area contributed by atoms with Crippen molar-refractivity contribution < 1.29 is 17.5 Å². The van der Waals surface area contributed by atoms with Gasteiger partial charge in [0.2, 0.25) is 10.0 Å². The molecule has 150 valence electrons. The van der Waals surface area contributed by atoms with Crippen LogP contribution >= 0.6 is 0 Å². The first-order valence-electron chi connectivity index (χ1n) is 8.90. The van der Waals surface area contributed by atoms with Crippen LogP contribution in [-0.4, -0.2) is 33.1 Å². The Kier molecular flexibility index (Phi) is 6.26. The number of benzene rings is 2. The minimum atomic E-state index is -3.97. The van der Waals surface area contributed by atoms with Crippen LogP contribution in [0.5, 0.6) is 5.75 Å². The molecule has 29 heavy (non-hydrogen) atoms. The second kappa shape index (κ2) is 8.86. The fourth-order valence-corrected chi connectivity index (χ4v) is 3.85. The standard InChI is InChI=1S/C20H19FN4O3S/c1-2-28-16-7-8-18-14(12-16)11-15(13-22)20(25-18)23-9-10-24-29(26,27)19-6-4-3-5-17(19)21/h3-8,11-12,24H,2,9-10H2,1H3,(H,23,25). The summed E-state index contributed by atoms with van der Waals surface area (Å²) in [5.74, 6) is 0.213. The molecule has 1 aromatic heterocycles. The molecule has 0 aliphatic heterocycles. The molecule has 0 aliphatic carbocycles. The maximum absolute atomic E-state index is 13.7. The zero-order valence-corrected chi connectivity index (χ0v) is 16.5. The quantitative estimate of drug-likeness (QED) is 0.549. The van der Waals surface area contributed by atoms with E-state index in [4.69, 9.17) is 4.74 Å². The molecule has 1 heterocycles. The van der Waals surface area contributed by atoms with E-state index < -0.39 is 20.7 Å². The Bertz CT molecular complexity index is 1180. The van der Waals surface area contributed by atoms with Crippen LogP contribution in [-0.2, 0) is 10.0 Å². The number of rotatable bonds is 8. The maximum atomic E-state index is 13.7. The molecule has 2 aromatic carbocycles. The Morgan fingerprint density at radius 1 is 1.17 bits per heavy atom. The highest BCUT2D eigenvalue weighted by Gasteiger charge is 2.17. The monoisotopic (exact) mass is 414 g/mol. The van der Waals surface area contributed by atoms with Crippen LogP contribution in [0.25, 0.3) is 10.9 Å². The van der Waals surface area contributed by atoms with Crippen molar-refractivity contribution in [3.63, 3.8) is 0 Å². The summed E-state index contributed by atoms with van der Waals surface area (Å²) in [6.45, 7) is 2.57. The van der Waals surface area contributed by atoms with Gasteiger partial charge in [-0.15, -0.1) is 0 Å². The van der Waals surface area contributed by atoms with Crippen LogP contribution in [0.15, 0.2) is 53.4 Å². The van der Waals surface area contributed by atoms with Gasteiger partial charge in [-0.1, -0.05) is 12.1 Å². The first-order chi connectivity index (χ1) is 13.9. The van der Waals surface area contributed by atoms with Crippen LogP contribution in [0.3, 0.4) is 0 Å². The predicted molar refractivity (Wildman–Crippen MR) is 108 cm³/mol. The van der Waals surface area contributed by atoms with Crippen molar-refractivity contribution in [3.8, 4) is 11.8 Å². The Hall–Kier alpha value is -3.22. The van der Waals surface area contributed by atoms with Crippen LogP contribution in [0.1, 0.15) is 12.5 Å². The van der Waals surface area contributed by atoms with E-state index in [0.29, 0.717) is 29.3 Å². The summed E-state index contributed by atoms with van der Waals surface area (Å²) >= 11 is 0. The lowest BCUT2D eigenvalue weighted by Gasteiger charge is -2.11. The Balaban J connectivity index is 1.69. The molecule has 3 aromatic rings. The number of sulfonamides is 1. The lowest BCUT2D eigenvalue weighted by atomic mass is 10.1. The first-order valence-corrected chi connectivity index (χ1v) is 10.4. The number of fused-ring (bicyclic) bond motifs is 1. The van der Waals surface area contributed by atoms with Gasteiger partial charge in [0.15, 0.2) is 0 Å². The Morgan fingerprint density at radius 2 is 1.97 bits per heavy atom. The highest BCUT2D eigenvalue weighted by molar-refractivity contribution is 7.89. The highest BCUT2D eigenvalue weighted by atomic mass is 32.2. The fraction of sp³-hybridized carbons (Fsp3) is 0.200. The van der Waals surface area contributed by atoms with Crippen molar-refractivity contribution in [2.75, 3.05) is 25.0 Å². The maximum Gasteiger partial charge on any atom is 0.243 e. The van der Waals surface area contributed by atoms with Crippen molar-refractivity contribution in [1.29, 1.82) is 5.26 Å². The zero-order chi connectivity index (χ0) is 20.9. The number of halogens is 1. The zero-order valence-electron chi connectivity index (χ0n) is 15.6. The molecule has 0 bridgehead atoms. The first kappa shape index (κ1) is 20.5. The average Bonchev–Trinajstić information content (AvgIpc) is 2.71. The summed E-state index contributed by atoms with van der Waals surface area (Å²) in [6.07, 6.45) is 0. The van der Waals surface area contributed by atoms with Gasteiger partial charge in [-0.3, -0.25) is 0 Å². The Labute approximate surface area is 168 Å². The number of aromatic nitrogens is 1. The smallest absolute Gasteiger partial charge is 0.243 e. The summed E-state index contributed by atoms with van der Waals surface area (Å²) in [6, 6.07) is 14.3. The number of ether oxygens (including phenoxy) is 1. The summed E-state index contributed by atoms with van der Waals surface area (Å²) in [5.41, 5.74) is 0.991. The van der Waals surface area contributed by atoms with E-state index in [2.05, 4.69) is 21.1 Å². The lowest BCUT2D eigenvalue weighted by molar-refractivity contribution is 0.340. The van der Waals surface area contributed by atoms with Crippen molar-refractivity contribution in [3.05, 3.63) is 59.9 Å². The second-order valence-corrected chi connectivity index (χ2v) is 7.77. The molecule has 2 N–H and O–H groups in total. The van der Waals surface area contributed by atoms with Gasteiger partial charge in [0.25, 0.3) is 0 Å². The third kappa shape index (κ3) is 4.80. The van der Waals surface area contributed by atoms with Crippen molar-refractivity contribution in [2.45, 2.75) is 11.8 Å². The van der Waals surface area contributed by atoms with E-state index >= 15 is 0 Å². The molecular weight excluding hydrogens is 395 g/mol. The number of nitrogens with one attached hydrogen (secondary N) is 2. The number of anilines is 1. The molecule has 0 aliphatic rings. The topological polar surface area (TPSA) is 104 Å². The highest BCUT2D eigenvalue weighted by Crippen LogP contribution is 2.24. The summed E-state index contributed by atoms with van der Waals surface area (Å²) in [4.78, 5) is 4.02. The molecule has 0 spiro atoms. The summed E-state index contributed by atoms with van der Waals surface area (Å²) in [5, 5.41) is 13.1. The van der Waals surface area contributed by atoms with Gasteiger partial charge >= 0.3 is 0 Å². The van der Waals surface area contributed by atoms with Crippen LogP contribution in [0, 0.1) is 17.1 Å². The summed E-state index contributed by atoms with van der Waals surface area (Å²) < 4.78 is 45.9. The molecule has 0 fully saturated rings. The third-order valence-electron chi connectivity index (χ3n) is 4.05. The third-order valence-corrected chi connectivity index (χ3v) is 5.55. The molecule has 0 saturated heterocycles. The second-order valence-electron chi connectivity index (χ2n) is 6.04. The number of hydrogen-bond donors (Lipinski definition) is 2. The van der Waals surface area contributed by atoms with Crippen LogP contribution in [0.2, 0.25) is 0 Å².